The van der Waals surface area contributed by atoms with Crippen LogP contribution < -0.4 is 5.32 Å². The molecule has 112 valence electrons. The van der Waals surface area contributed by atoms with Crippen LogP contribution in [-0.2, 0) is 4.79 Å². The van der Waals surface area contributed by atoms with Gasteiger partial charge in [-0.3, -0.25) is 4.79 Å². The molecule has 0 aromatic rings. The molecule has 0 aliphatic heterocycles. The fraction of sp³-hybridized carbons (Fsp3) is 0.938. The Balaban J connectivity index is 2.47. The summed E-state index contributed by atoms with van der Waals surface area (Å²) in [6, 6.07) is 0. The number of aliphatic hydroxyl groups excluding tert-OH is 1. The third-order valence-electron chi connectivity index (χ3n) is 4.77. The molecule has 0 heterocycles. The van der Waals surface area contributed by atoms with Crippen molar-refractivity contribution in [3.05, 3.63) is 0 Å². The van der Waals surface area contributed by atoms with E-state index in [0.29, 0.717) is 5.92 Å². The molecule has 0 bridgehead atoms. The molecule has 1 amide bonds. The second kappa shape index (κ2) is 7.28. The maximum atomic E-state index is 12.1. The number of hydrogen-bond donors (Lipinski definition) is 2. The van der Waals surface area contributed by atoms with Crippen LogP contribution in [0.2, 0.25) is 0 Å². The smallest absolute Gasteiger partial charge is 0.225 e. The largest absolute Gasteiger partial charge is 0.396 e. The second-order valence-corrected chi connectivity index (χ2v) is 7.07. The molecular formula is C16H31NO2. The lowest BCUT2D eigenvalue weighted by molar-refractivity contribution is -0.128. The summed E-state index contributed by atoms with van der Waals surface area (Å²) in [5.74, 6) is 0.625. The van der Waals surface area contributed by atoms with Crippen LogP contribution in [0.4, 0.5) is 0 Å². The van der Waals surface area contributed by atoms with E-state index >= 15 is 0 Å². The molecule has 1 unspecified atom stereocenters. The number of carbonyl (C=O) groups excluding carboxylic acids is 1. The average Bonchev–Trinajstić information content (AvgIpc) is 2.38. The lowest BCUT2D eigenvalue weighted by Crippen LogP contribution is -2.43. The molecule has 1 aliphatic carbocycles. The minimum absolute atomic E-state index is 0.00128. The van der Waals surface area contributed by atoms with Crippen LogP contribution in [0.1, 0.15) is 59.8 Å². The standard InChI is InChI=1S/C16H31NO2/c1-12(2)14(10-18)15(19)17-11-16(3,4)13-8-6-5-7-9-13/h12-14,18H,5-11H2,1-4H3,(H,17,19). The Labute approximate surface area is 118 Å². The zero-order valence-electron chi connectivity index (χ0n) is 13.0. The molecule has 0 radical (unpaired) electrons. The molecular weight excluding hydrogens is 238 g/mol. The maximum Gasteiger partial charge on any atom is 0.225 e. The molecule has 1 aliphatic rings. The van der Waals surface area contributed by atoms with Crippen molar-refractivity contribution in [2.24, 2.45) is 23.2 Å². The van der Waals surface area contributed by atoms with E-state index in [-0.39, 0.29) is 29.8 Å². The van der Waals surface area contributed by atoms with Gasteiger partial charge in [-0.2, -0.15) is 0 Å². The molecule has 3 heteroatoms. The van der Waals surface area contributed by atoms with Gasteiger partial charge in [0.15, 0.2) is 0 Å². The normalized spacial score (nSPS) is 19.5. The van der Waals surface area contributed by atoms with Crippen molar-refractivity contribution < 1.29 is 9.90 Å². The summed E-state index contributed by atoms with van der Waals surface area (Å²) in [6.45, 7) is 9.13. The summed E-state index contributed by atoms with van der Waals surface area (Å²) < 4.78 is 0. The van der Waals surface area contributed by atoms with E-state index in [1.807, 2.05) is 13.8 Å². The fourth-order valence-corrected chi connectivity index (χ4v) is 3.07. The minimum Gasteiger partial charge on any atom is -0.396 e. The first-order valence-electron chi connectivity index (χ1n) is 7.77. The van der Waals surface area contributed by atoms with Gasteiger partial charge in [0.05, 0.1) is 12.5 Å². The van der Waals surface area contributed by atoms with Crippen LogP contribution in [0.3, 0.4) is 0 Å². The summed E-state index contributed by atoms with van der Waals surface area (Å²) >= 11 is 0. The van der Waals surface area contributed by atoms with Crippen molar-refractivity contribution in [3.8, 4) is 0 Å². The highest BCUT2D eigenvalue weighted by Gasteiger charge is 2.31. The van der Waals surface area contributed by atoms with Gasteiger partial charge in [0.2, 0.25) is 5.91 Å². The Hall–Kier alpha value is -0.570. The molecule has 1 fully saturated rings. The van der Waals surface area contributed by atoms with Crippen molar-refractivity contribution in [1.82, 2.24) is 5.32 Å². The van der Waals surface area contributed by atoms with Crippen LogP contribution in [0, 0.1) is 23.2 Å². The number of nitrogens with one attached hydrogen (secondary N) is 1. The first kappa shape index (κ1) is 16.5. The van der Waals surface area contributed by atoms with E-state index in [1.54, 1.807) is 0 Å². The van der Waals surface area contributed by atoms with Gasteiger partial charge in [-0.05, 0) is 30.1 Å². The van der Waals surface area contributed by atoms with Crippen molar-refractivity contribution in [2.45, 2.75) is 59.8 Å². The highest BCUT2D eigenvalue weighted by Crippen LogP contribution is 2.37. The number of carbonyl (C=O) groups is 1. The van der Waals surface area contributed by atoms with E-state index in [0.717, 1.165) is 6.54 Å². The Morgan fingerprint density at radius 2 is 1.84 bits per heavy atom. The molecule has 0 spiro atoms. The summed E-state index contributed by atoms with van der Waals surface area (Å²) in [7, 11) is 0. The fourth-order valence-electron chi connectivity index (χ4n) is 3.07. The zero-order chi connectivity index (χ0) is 14.5. The van der Waals surface area contributed by atoms with Crippen LogP contribution in [0.5, 0.6) is 0 Å². The molecule has 1 saturated carbocycles. The van der Waals surface area contributed by atoms with Crippen LogP contribution >= 0.6 is 0 Å². The molecule has 0 aromatic carbocycles. The summed E-state index contributed by atoms with van der Waals surface area (Å²) in [5.41, 5.74) is 0.160. The lowest BCUT2D eigenvalue weighted by Gasteiger charge is -2.37. The van der Waals surface area contributed by atoms with Crippen molar-refractivity contribution >= 4 is 5.91 Å². The van der Waals surface area contributed by atoms with E-state index in [2.05, 4.69) is 19.2 Å². The van der Waals surface area contributed by atoms with Crippen LogP contribution in [-0.4, -0.2) is 24.2 Å². The monoisotopic (exact) mass is 269 g/mol. The maximum absolute atomic E-state index is 12.1. The first-order valence-corrected chi connectivity index (χ1v) is 7.77. The van der Waals surface area contributed by atoms with Gasteiger partial charge in [-0.25, -0.2) is 0 Å². The highest BCUT2D eigenvalue weighted by atomic mass is 16.3. The predicted octanol–water partition coefficient (Wildman–Crippen LogP) is 2.97. The Morgan fingerprint density at radius 1 is 1.26 bits per heavy atom. The molecule has 0 aromatic heterocycles. The van der Waals surface area contributed by atoms with E-state index < -0.39 is 0 Å². The van der Waals surface area contributed by atoms with Crippen molar-refractivity contribution in [1.29, 1.82) is 0 Å². The Bertz CT molecular complexity index is 280. The lowest BCUT2D eigenvalue weighted by atomic mass is 9.71. The summed E-state index contributed by atoms with van der Waals surface area (Å²) in [4.78, 5) is 12.1. The molecule has 3 nitrogen and oxygen atoms in total. The van der Waals surface area contributed by atoms with Crippen molar-refractivity contribution in [2.75, 3.05) is 13.2 Å². The van der Waals surface area contributed by atoms with Crippen LogP contribution in [0.25, 0.3) is 0 Å². The summed E-state index contributed by atoms with van der Waals surface area (Å²) in [5, 5.41) is 12.3. The molecule has 1 atom stereocenters. The van der Waals surface area contributed by atoms with Crippen LogP contribution in [0.15, 0.2) is 0 Å². The second-order valence-electron chi connectivity index (χ2n) is 7.07. The quantitative estimate of drug-likeness (QED) is 0.779. The van der Waals surface area contributed by atoms with E-state index in [9.17, 15) is 9.90 Å². The van der Waals surface area contributed by atoms with E-state index in [4.69, 9.17) is 0 Å². The average molecular weight is 269 g/mol. The zero-order valence-corrected chi connectivity index (χ0v) is 13.0. The third kappa shape index (κ3) is 4.79. The number of rotatable bonds is 6. The predicted molar refractivity (Wildman–Crippen MR) is 78.8 cm³/mol. The van der Waals surface area contributed by atoms with E-state index in [1.165, 1.54) is 32.1 Å². The first-order chi connectivity index (χ1) is 8.88. The van der Waals surface area contributed by atoms with Gasteiger partial charge >= 0.3 is 0 Å². The SMILES string of the molecule is CC(C)C(CO)C(=O)NCC(C)(C)C1CCCCC1. The van der Waals surface area contributed by atoms with Gasteiger partial charge in [0.1, 0.15) is 0 Å². The number of hydrogen-bond acceptors (Lipinski definition) is 2. The number of amides is 1. The Morgan fingerprint density at radius 3 is 2.32 bits per heavy atom. The van der Waals surface area contributed by atoms with Gasteiger partial charge in [0.25, 0.3) is 0 Å². The minimum atomic E-state index is -0.276. The molecule has 2 N–H and O–H groups in total. The van der Waals surface area contributed by atoms with Gasteiger partial charge < -0.3 is 10.4 Å². The van der Waals surface area contributed by atoms with Gasteiger partial charge in [-0.15, -0.1) is 0 Å². The van der Waals surface area contributed by atoms with Gasteiger partial charge in [0, 0.05) is 6.54 Å². The molecule has 0 saturated heterocycles. The number of aliphatic hydroxyl groups is 1. The topological polar surface area (TPSA) is 49.3 Å². The highest BCUT2D eigenvalue weighted by molar-refractivity contribution is 5.79. The van der Waals surface area contributed by atoms with Gasteiger partial charge in [-0.1, -0.05) is 47.0 Å². The molecule has 19 heavy (non-hydrogen) atoms. The summed E-state index contributed by atoms with van der Waals surface area (Å²) in [6.07, 6.45) is 6.59. The van der Waals surface area contributed by atoms with Crippen molar-refractivity contribution in [3.63, 3.8) is 0 Å². The third-order valence-corrected chi connectivity index (χ3v) is 4.77. The Kier molecular flexibility index (Phi) is 6.31. The molecule has 1 rings (SSSR count).